The summed E-state index contributed by atoms with van der Waals surface area (Å²) in [4.78, 5) is 75.9. The summed E-state index contributed by atoms with van der Waals surface area (Å²) in [6, 6.07) is 14.8. The van der Waals surface area contributed by atoms with Crippen LogP contribution in [0.1, 0.15) is 102 Å². The van der Waals surface area contributed by atoms with E-state index in [1.54, 1.807) is 42.5 Å². The number of piperidine rings is 2. The number of ether oxygens (including phenoxy) is 1. The molecule has 15 nitrogen and oxygen atoms in total. The largest absolute Gasteiger partial charge is 0.490 e. The first-order chi connectivity index (χ1) is 28.4. The minimum atomic E-state index is -1.05. The van der Waals surface area contributed by atoms with E-state index in [1.807, 2.05) is 12.1 Å². The van der Waals surface area contributed by atoms with Crippen LogP contribution in [0.5, 0.6) is 5.75 Å². The number of nitrogens with two attached hydrogens (primary N) is 1. The Balaban J connectivity index is 0.866. The standard InChI is InChI=1S/C43H48ClN9O6/c1-25-22-50(23-26(2)51(25)24-27-15-17-49(18-16-27)38-13-11-36(40(46)55)47-48-38)30-6-10-33-34(19-30)42(57)53(41(33)56)37-12-14-39(54)52(43(37)58)29-4-8-31(9-5-29)59-32-7-3-28(21-45)35(44)20-32/h3,6-7,10-11,13,19-20,25-27,29,31,37H,4-5,8-9,12,14-18,22-24H2,1-2H3,(H2,46,55)/t25-,26-,29?,31?,37-/m1/s1. The van der Waals surface area contributed by atoms with Gasteiger partial charge in [-0.1, -0.05) is 11.6 Å². The lowest BCUT2D eigenvalue weighted by atomic mass is 9.89. The van der Waals surface area contributed by atoms with Crippen molar-refractivity contribution in [2.75, 3.05) is 42.5 Å². The molecule has 0 bridgehead atoms. The lowest BCUT2D eigenvalue weighted by Crippen LogP contribution is -2.59. The lowest BCUT2D eigenvalue weighted by Gasteiger charge is -2.47. The van der Waals surface area contributed by atoms with Gasteiger partial charge in [-0.15, -0.1) is 10.2 Å². The van der Waals surface area contributed by atoms with Crippen LogP contribution in [0.3, 0.4) is 0 Å². The van der Waals surface area contributed by atoms with E-state index in [0.717, 1.165) is 62.0 Å². The highest BCUT2D eigenvalue weighted by Gasteiger charge is 2.49. The number of likely N-dealkylation sites (tertiary alicyclic amines) is 1. The van der Waals surface area contributed by atoms with Crippen molar-refractivity contribution in [2.45, 2.75) is 95.5 Å². The number of fused-ring (bicyclic) bond motifs is 1. The number of anilines is 2. The molecule has 308 valence electrons. The summed E-state index contributed by atoms with van der Waals surface area (Å²) in [7, 11) is 0. The molecule has 3 atom stereocenters. The van der Waals surface area contributed by atoms with Crippen LogP contribution in [0.2, 0.25) is 5.02 Å². The molecule has 1 saturated carbocycles. The normalized spacial score (nSPS) is 25.6. The average Bonchev–Trinajstić information content (AvgIpc) is 3.48. The molecule has 5 heterocycles. The third-order valence-electron chi connectivity index (χ3n) is 12.8. The summed E-state index contributed by atoms with van der Waals surface area (Å²) in [5.41, 5.74) is 7.25. The van der Waals surface area contributed by atoms with Crippen molar-refractivity contribution >= 4 is 52.6 Å². The third-order valence-corrected chi connectivity index (χ3v) is 13.1. The molecule has 4 aliphatic heterocycles. The third kappa shape index (κ3) is 7.95. The predicted octanol–water partition coefficient (Wildman–Crippen LogP) is 4.42. The molecule has 59 heavy (non-hydrogen) atoms. The molecule has 0 spiro atoms. The number of nitrogens with zero attached hydrogens (tertiary/aromatic N) is 8. The topological polar surface area (TPSA) is 186 Å². The van der Waals surface area contributed by atoms with Crippen LogP contribution in [0.25, 0.3) is 0 Å². The van der Waals surface area contributed by atoms with Gasteiger partial charge in [0.15, 0.2) is 11.5 Å². The van der Waals surface area contributed by atoms with E-state index in [9.17, 15) is 24.0 Å². The van der Waals surface area contributed by atoms with Crippen LogP contribution < -0.4 is 20.3 Å². The van der Waals surface area contributed by atoms with E-state index in [-0.39, 0.29) is 59.8 Å². The molecule has 5 aliphatic rings. The fraction of sp³-hybridized carbons (Fsp3) is 0.488. The predicted molar refractivity (Wildman–Crippen MR) is 218 cm³/mol. The van der Waals surface area contributed by atoms with Crippen LogP contribution in [-0.2, 0) is 9.59 Å². The molecule has 2 N–H and O–H groups in total. The molecule has 0 unspecified atom stereocenters. The summed E-state index contributed by atoms with van der Waals surface area (Å²) in [6.45, 7) is 8.64. The Labute approximate surface area is 348 Å². The van der Waals surface area contributed by atoms with Gasteiger partial charge < -0.3 is 20.3 Å². The first-order valence-electron chi connectivity index (χ1n) is 20.5. The zero-order valence-electron chi connectivity index (χ0n) is 33.3. The summed E-state index contributed by atoms with van der Waals surface area (Å²) < 4.78 is 6.12. The van der Waals surface area contributed by atoms with Gasteiger partial charge >= 0.3 is 0 Å². The first-order valence-corrected chi connectivity index (χ1v) is 20.9. The number of halogens is 1. The smallest absolute Gasteiger partial charge is 0.269 e. The Kier molecular flexibility index (Phi) is 11.3. The molecular formula is C43H48ClN9O6. The fourth-order valence-electron chi connectivity index (χ4n) is 9.61. The number of nitriles is 1. The number of rotatable bonds is 9. The molecule has 4 fully saturated rings. The Morgan fingerprint density at radius 1 is 0.847 bits per heavy atom. The molecule has 8 rings (SSSR count). The second kappa shape index (κ2) is 16.6. The monoisotopic (exact) mass is 821 g/mol. The van der Waals surface area contributed by atoms with Crippen molar-refractivity contribution in [3.63, 3.8) is 0 Å². The lowest BCUT2D eigenvalue weighted by molar-refractivity contribution is -0.155. The summed E-state index contributed by atoms with van der Waals surface area (Å²) in [5.74, 6) is -0.569. The number of piperazine rings is 1. The van der Waals surface area contributed by atoms with E-state index >= 15 is 0 Å². The SMILES string of the molecule is C[C@@H]1CN(c2ccc3c(c2)C(=O)N([C@@H]2CCC(=O)N(C4CCC(Oc5ccc(C#N)c(Cl)c5)CC4)C2=O)C3=O)C[C@@H](C)N1CC1CCN(c2ccc(C(N)=O)nn2)CC1. The number of amides is 5. The molecule has 1 aromatic heterocycles. The van der Waals surface area contributed by atoms with Crippen LogP contribution in [0.4, 0.5) is 11.5 Å². The molecule has 2 aromatic carbocycles. The quantitative estimate of drug-likeness (QED) is 0.300. The van der Waals surface area contributed by atoms with Crippen molar-refractivity contribution in [3.05, 3.63) is 75.9 Å². The van der Waals surface area contributed by atoms with E-state index < -0.39 is 29.7 Å². The molecule has 5 amide bonds. The maximum Gasteiger partial charge on any atom is 0.269 e. The van der Waals surface area contributed by atoms with Gasteiger partial charge in [-0.3, -0.25) is 38.7 Å². The highest BCUT2D eigenvalue weighted by Crippen LogP contribution is 2.36. The Morgan fingerprint density at radius 3 is 2.20 bits per heavy atom. The number of aromatic nitrogens is 2. The van der Waals surface area contributed by atoms with Crippen molar-refractivity contribution in [3.8, 4) is 11.8 Å². The molecule has 3 aromatic rings. The number of hydrogen-bond acceptors (Lipinski definition) is 12. The maximum atomic E-state index is 14.1. The molecular weight excluding hydrogens is 774 g/mol. The number of benzene rings is 2. The fourth-order valence-corrected chi connectivity index (χ4v) is 9.82. The molecule has 1 aliphatic carbocycles. The molecule has 16 heteroatoms. The van der Waals surface area contributed by atoms with Gasteiger partial charge in [0.1, 0.15) is 17.9 Å². The number of imide groups is 2. The van der Waals surface area contributed by atoms with Gasteiger partial charge in [0, 0.05) is 69.0 Å². The molecule has 3 saturated heterocycles. The highest BCUT2D eigenvalue weighted by atomic mass is 35.5. The summed E-state index contributed by atoms with van der Waals surface area (Å²) in [6.07, 6.45) is 4.28. The van der Waals surface area contributed by atoms with Crippen LogP contribution in [0.15, 0.2) is 48.5 Å². The van der Waals surface area contributed by atoms with Gasteiger partial charge in [-0.05, 0) is 107 Å². The van der Waals surface area contributed by atoms with E-state index in [2.05, 4.69) is 38.7 Å². The van der Waals surface area contributed by atoms with E-state index in [0.29, 0.717) is 47.9 Å². The Bertz CT molecular complexity index is 2190. The average molecular weight is 822 g/mol. The van der Waals surface area contributed by atoms with Gasteiger partial charge in [-0.25, -0.2) is 0 Å². The number of carbonyl (C=O) groups excluding carboxylic acids is 5. The molecule has 0 radical (unpaired) electrons. The van der Waals surface area contributed by atoms with Crippen molar-refractivity contribution in [1.82, 2.24) is 24.9 Å². The summed E-state index contributed by atoms with van der Waals surface area (Å²) >= 11 is 6.18. The second-order valence-corrected chi connectivity index (χ2v) is 16.9. The van der Waals surface area contributed by atoms with Gasteiger partial charge in [0.2, 0.25) is 5.91 Å². The summed E-state index contributed by atoms with van der Waals surface area (Å²) in [5, 5.41) is 17.6. The minimum Gasteiger partial charge on any atom is -0.490 e. The minimum absolute atomic E-state index is 0.0648. The Morgan fingerprint density at radius 2 is 1.56 bits per heavy atom. The van der Waals surface area contributed by atoms with Crippen molar-refractivity contribution in [1.29, 1.82) is 5.26 Å². The van der Waals surface area contributed by atoms with Crippen molar-refractivity contribution in [2.24, 2.45) is 11.7 Å². The highest BCUT2D eigenvalue weighted by molar-refractivity contribution is 6.31. The number of carbonyl (C=O) groups is 5. The van der Waals surface area contributed by atoms with Crippen molar-refractivity contribution < 1.29 is 28.7 Å². The van der Waals surface area contributed by atoms with E-state index in [1.165, 1.54) is 4.90 Å². The van der Waals surface area contributed by atoms with Crippen LogP contribution >= 0.6 is 11.6 Å². The zero-order valence-corrected chi connectivity index (χ0v) is 34.0. The number of hydrogen-bond donors (Lipinski definition) is 1. The Hall–Kier alpha value is -5.59. The van der Waals surface area contributed by atoms with E-state index in [4.69, 9.17) is 27.3 Å². The van der Waals surface area contributed by atoms with Gasteiger partial charge in [0.25, 0.3) is 23.6 Å². The van der Waals surface area contributed by atoms with Crippen LogP contribution in [0, 0.1) is 17.2 Å². The van der Waals surface area contributed by atoms with Crippen LogP contribution in [-0.4, -0.2) is 117 Å². The maximum absolute atomic E-state index is 14.1. The zero-order chi connectivity index (χ0) is 41.5. The number of primary amides is 1. The van der Waals surface area contributed by atoms with Gasteiger partial charge in [-0.2, -0.15) is 5.26 Å². The first kappa shape index (κ1) is 40.2. The van der Waals surface area contributed by atoms with Gasteiger partial charge in [0.05, 0.1) is 27.8 Å². The second-order valence-electron chi connectivity index (χ2n) is 16.5.